The van der Waals surface area contributed by atoms with E-state index in [0.717, 1.165) is 12.0 Å². The van der Waals surface area contributed by atoms with Crippen LogP contribution in [0.3, 0.4) is 0 Å². The molecule has 2 heteroatoms. The second-order valence-corrected chi connectivity index (χ2v) is 5.83. The summed E-state index contributed by atoms with van der Waals surface area (Å²) in [5.41, 5.74) is 0. The number of hydrogen-bond acceptors (Lipinski definition) is 2. The van der Waals surface area contributed by atoms with Crippen LogP contribution >= 0.6 is 0 Å². The second-order valence-electron chi connectivity index (χ2n) is 5.83. The minimum absolute atomic E-state index is 0.830. The molecule has 1 N–H and O–H groups in total. The van der Waals surface area contributed by atoms with Crippen molar-refractivity contribution in [3.8, 4) is 0 Å². The molecule has 1 aliphatic heterocycles. The van der Waals surface area contributed by atoms with Crippen LogP contribution in [0.5, 0.6) is 0 Å². The molecule has 0 aromatic heterocycles. The number of nitrogens with zero attached hydrogens (tertiary/aromatic N) is 1. The van der Waals surface area contributed by atoms with Crippen LogP contribution < -0.4 is 5.32 Å². The zero-order valence-corrected chi connectivity index (χ0v) is 10.9. The molecule has 0 aromatic rings. The summed E-state index contributed by atoms with van der Waals surface area (Å²) in [5.74, 6) is 0.958. The molecule has 2 aliphatic rings. The maximum atomic E-state index is 3.72. The predicted octanol–water partition coefficient (Wildman–Crippen LogP) is 2.64. The molecule has 2 rings (SSSR count). The summed E-state index contributed by atoms with van der Waals surface area (Å²) < 4.78 is 0. The molecule has 1 saturated carbocycles. The van der Waals surface area contributed by atoms with Crippen LogP contribution in [-0.4, -0.2) is 37.1 Å². The molecule has 0 spiro atoms. The van der Waals surface area contributed by atoms with Crippen molar-refractivity contribution in [3.05, 3.63) is 0 Å². The van der Waals surface area contributed by atoms with Gasteiger partial charge >= 0.3 is 0 Å². The van der Waals surface area contributed by atoms with Gasteiger partial charge in [-0.1, -0.05) is 13.3 Å². The van der Waals surface area contributed by atoms with E-state index in [1.54, 1.807) is 0 Å². The van der Waals surface area contributed by atoms with Crippen LogP contribution in [-0.2, 0) is 0 Å². The summed E-state index contributed by atoms with van der Waals surface area (Å²) in [6, 6.07) is 0.830. The quantitative estimate of drug-likeness (QED) is 0.722. The largest absolute Gasteiger partial charge is 0.314 e. The van der Waals surface area contributed by atoms with E-state index in [4.69, 9.17) is 0 Å². The SMILES string of the molecule is CC1CCC(NCCCN2CCCCC2)C1. The normalized spacial score (nSPS) is 32.1. The highest BCUT2D eigenvalue weighted by molar-refractivity contribution is 4.78. The van der Waals surface area contributed by atoms with E-state index >= 15 is 0 Å². The average molecular weight is 224 g/mol. The monoisotopic (exact) mass is 224 g/mol. The van der Waals surface area contributed by atoms with Crippen LogP contribution in [0.15, 0.2) is 0 Å². The summed E-state index contributed by atoms with van der Waals surface area (Å²) >= 11 is 0. The topological polar surface area (TPSA) is 15.3 Å². The summed E-state index contributed by atoms with van der Waals surface area (Å²) in [6.45, 7) is 7.62. The van der Waals surface area contributed by atoms with E-state index in [2.05, 4.69) is 17.1 Å². The highest BCUT2D eigenvalue weighted by Gasteiger charge is 2.20. The Morgan fingerprint density at radius 2 is 1.94 bits per heavy atom. The summed E-state index contributed by atoms with van der Waals surface area (Å²) in [5, 5.41) is 3.72. The molecule has 2 atom stereocenters. The van der Waals surface area contributed by atoms with Gasteiger partial charge in [-0.15, -0.1) is 0 Å². The van der Waals surface area contributed by atoms with Crippen LogP contribution in [0.25, 0.3) is 0 Å². The second kappa shape index (κ2) is 6.61. The Kier molecular flexibility index (Phi) is 5.11. The third-order valence-electron chi connectivity index (χ3n) is 4.23. The Hall–Kier alpha value is -0.0800. The van der Waals surface area contributed by atoms with Gasteiger partial charge in [-0.2, -0.15) is 0 Å². The van der Waals surface area contributed by atoms with Crippen LogP contribution in [0.2, 0.25) is 0 Å². The van der Waals surface area contributed by atoms with Gasteiger partial charge < -0.3 is 10.2 Å². The van der Waals surface area contributed by atoms with Gasteiger partial charge in [-0.25, -0.2) is 0 Å². The Morgan fingerprint density at radius 1 is 1.12 bits per heavy atom. The van der Waals surface area contributed by atoms with E-state index in [9.17, 15) is 0 Å². The number of nitrogens with one attached hydrogen (secondary N) is 1. The molecular formula is C14H28N2. The molecule has 0 aromatic carbocycles. The number of likely N-dealkylation sites (tertiary alicyclic amines) is 1. The molecule has 0 amide bonds. The molecule has 2 unspecified atom stereocenters. The van der Waals surface area contributed by atoms with Crippen molar-refractivity contribution < 1.29 is 0 Å². The summed E-state index contributed by atoms with van der Waals surface area (Å²) in [7, 11) is 0. The number of rotatable bonds is 5. The van der Waals surface area contributed by atoms with Crippen molar-refractivity contribution in [2.24, 2.45) is 5.92 Å². The van der Waals surface area contributed by atoms with Gasteiger partial charge in [0.2, 0.25) is 0 Å². The fourth-order valence-corrected chi connectivity index (χ4v) is 3.18. The predicted molar refractivity (Wildman–Crippen MR) is 69.7 cm³/mol. The zero-order valence-electron chi connectivity index (χ0n) is 10.9. The third-order valence-corrected chi connectivity index (χ3v) is 4.23. The first-order valence-corrected chi connectivity index (χ1v) is 7.30. The maximum Gasteiger partial charge on any atom is 0.00697 e. The van der Waals surface area contributed by atoms with Crippen molar-refractivity contribution in [1.82, 2.24) is 10.2 Å². The highest BCUT2D eigenvalue weighted by atomic mass is 15.1. The molecule has 0 bridgehead atoms. The maximum absolute atomic E-state index is 3.72. The summed E-state index contributed by atoms with van der Waals surface area (Å²) in [4.78, 5) is 2.64. The Bertz CT molecular complexity index is 180. The lowest BCUT2D eigenvalue weighted by atomic mass is 10.1. The number of hydrogen-bond donors (Lipinski definition) is 1. The standard InChI is InChI=1S/C14H28N2/c1-13-6-7-14(12-13)15-8-5-11-16-9-3-2-4-10-16/h13-15H,2-12H2,1H3. The Balaban J connectivity index is 1.48. The molecule has 2 fully saturated rings. The molecule has 94 valence electrons. The van der Waals surface area contributed by atoms with Crippen LogP contribution in [0, 0.1) is 5.92 Å². The molecule has 0 radical (unpaired) electrons. The van der Waals surface area contributed by atoms with E-state index < -0.39 is 0 Å². The first-order valence-electron chi connectivity index (χ1n) is 7.30. The first kappa shape index (κ1) is 12.4. The van der Waals surface area contributed by atoms with Crippen LogP contribution in [0.1, 0.15) is 51.9 Å². The van der Waals surface area contributed by atoms with E-state index in [1.165, 1.54) is 71.1 Å². The summed E-state index contributed by atoms with van der Waals surface area (Å²) in [6.07, 6.45) is 9.89. The molecule has 16 heavy (non-hydrogen) atoms. The van der Waals surface area contributed by atoms with Crippen LogP contribution in [0.4, 0.5) is 0 Å². The smallest absolute Gasteiger partial charge is 0.00697 e. The van der Waals surface area contributed by atoms with Gasteiger partial charge in [0.1, 0.15) is 0 Å². The van der Waals surface area contributed by atoms with Gasteiger partial charge in [0.15, 0.2) is 0 Å². The van der Waals surface area contributed by atoms with Crippen molar-refractivity contribution in [2.75, 3.05) is 26.2 Å². The minimum atomic E-state index is 0.830. The lowest BCUT2D eigenvalue weighted by Gasteiger charge is -2.26. The molecule has 1 aliphatic carbocycles. The van der Waals surface area contributed by atoms with Crippen molar-refractivity contribution in [1.29, 1.82) is 0 Å². The fraction of sp³-hybridized carbons (Fsp3) is 1.00. The van der Waals surface area contributed by atoms with Gasteiger partial charge in [-0.3, -0.25) is 0 Å². The lowest BCUT2D eigenvalue weighted by Crippen LogP contribution is -2.34. The van der Waals surface area contributed by atoms with E-state index in [-0.39, 0.29) is 0 Å². The fourth-order valence-electron chi connectivity index (χ4n) is 3.18. The van der Waals surface area contributed by atoms with Gasteiger partial charge in [0.25, 0.3) is 0 Å². The van der Waals surface area contributed by atoms with E-state index in [0.29, 0.717) is 0 Å². The molecule has 1 heterocycles. The van der Waals surface area contributed by atoms with Gasteiger partial charge in [0, 0.05) is 6.04 Å². The number of piperidine rings is 1. The average Bonchev–Trinajstić information content (AvgIpc) is 2.72. The van der Waals surface area contributed by atoms with Crippen molar-refractivity contribution in [2.45, 2.75) is 57.9 Å². The first-order chi connectivity index (χ1) is 7.84. The van der Waals surface area contributed by atoms with Crippen molar-refractivity contribution >= 4 is 0 Å². The highest BCUT2D eigenvalue weighted by Crippen LogP contribution is 2.24. The van der Waals surface area contributed by atoms with Gasteiger partial charge in [-0.05, 0) is 70.6 Å². The molecule has 2 nitrogen and oxygen atoms in total. The molecular weight excluding hydrogens is 196 g/mol. The van der Waals surface area contributed by atoms with Crippen molar-refractivity contribution in [3.63, 3.8) is 0 Å². The third kappa shape index (κ3) is 4.06. The van der Waals surface area contributed by atoms with Gasteiger partial charge in [0.05, 0.1) is 0 Å². The van der Waals surface area contributed by atoms with E-state index in [1.807, 2.05) is 0 Å². The lowest BCUT2D eigenvalue weighted by molar-refractivity contribution is 0.225. The Morgan fingerprint density at radius 3 is 2.62 bits per heavy atom. The minimum Gasteiger partial charge on any atom is -0.314 e. The molecule has 1 saturated heterocycles. The zero-order chi connectivity index (χ0) is 11.2. The Labute approximate surface area is 101 Å².